The average molecular weight is 248 g/mol. The van der Waals surface area contributed by atoms with Gasteiger partial charge in [-0.1, -0.05) is 56.7 Å². The molecule has 94 valence electrons. The Hall–Kier alpha value is -0.690. The molecule has 0 N–H and O–H groups in total. The van der Waals surface area contributed by atoms with Crippen LogP contribution < -0.4 is 0 Å². The Kier molecular flexibility index (Phi) is 7.91. The molecule has 0 unspecified atom stereocenters. The largest absolute Gasteiger partial charge is 0.131 e. The van der Waals surface area contributed by atoms with Crippen molar-refractivity contribution in [2.45, 2.75) is 46.0 Å². The molecule has 1 aromatic rings. The Labute approximate surface area is 111 Å². The Morgan fingerprint density at radius 2 is 1.94 bits per heavy atom. The second-order valence-electron chi connectivity index (χ2n) is 4.23. The molecule has 0 spiro atoms. The van der Waals surface area contributed by atoms with Gasteiger partial charge in [0, 0.05) is 0 Å². The molecule has 0 heterocycles. The summed E-state index contributed by atoms with van der Waals surface area (Å²) < 4.78 is 0. The van der Waals surface area contributed by atoms with Crippen molar-refractivity contribution in [3.8, 4) is 0 Å². The summed E-state index contributed by atoms with van der Waals surface area (Å²) in [4.78, 5) is 1.59. The molecule has 0 saturated carbocycles. The molecule has 1 aromatic carbocycles. The molecule has 0 nitrogen and oxygen atoms in total. The summed E-state index contributed by atoms with van der Waals surface area (Å²) in [5.74, 6) is 1.20. The first kappa shape index (κ1) is 14.4. The third-order valence-electron chi connectivity index (χ3n) is 2.75. The summed E-state index contributed by atoms with van der Waals surface area (Å²) >= 11 is 2.01. The zero-order valence-electron chi connectivity index (χ0n) is 11.1. The van der Waals surface area contributed by atoms with E-state index in [0.29, 0.717) is 0 Å². The van der Waals surface area contributed by atoms with Gasteiger partial charge in [-0.15, -0.1) is 11.8 Å². The summed E-state index contributed by atoms with van der Waals surface area (Å²) in [7, 11) is 0. The minimum absolute atomic E-state index is 1.17. The van der Waals surface area contributed by atoms with Crippen molar-refractivity contribution < 1.29 is 0 Å². The fraction of sp³-hybridized carbons (Fsp3) is 0.500. The van der Waals surface area contributed by atoms with Crippen molar-refractivity contribution in [3.05, 3.63) is 46.9 Å². The highest BCUT2D eigenvalue weighted by Crippen LogP contribution is 2.22. The molecule has 0 saturated heterocycles. The molecule has 0 aliphatic carbocycles. The van der Waals surface area contributed by atoms with Gasteiger partial charge >= 0.3 is 0 Å². The summed E-state index contributed by atoms with van der Waals surface area (Å²) in [6.45, 7) is 4.50. The van der Waals surface area contributed by atoms with Crippen molar-refractivity contribution in [1.29, 1.82) is 0 Å². The Morgan fingerprint density at radius 3 is 2.59 bits per heavy atom. The summed E-state index contributed by atoms with van der Waals surface area (Å²) in [6, 6.07) is 10.8. The highest BCUT2D eigenvalue weighted by Gasteiger charge is 1.97. The summed E-state index contributed by atoms with van der Waals surface area (Å²) in [5.41, 5.74) is 1.44. The van der Waals surface area contributed by atoms with Crippen LogP contribution in [0.15, 0.2) is 41.3 Å². The monoisotopic (exact) mass is 248 g/mol. The second-order valence-corrected chi connectivity index (χ2v) is 5.62. The van der Waals surface area contributed by atoms with Crippen LogP contribution in [0.5, 0.6) is 0 Å². The normalized spacial score (nSPS) is 11.8. The highest BCUT2D eigenvalue weighted by molar-refractivity contribution is 8.03. The van der Waals surface area contributed by atoms with Crippen molar-refractivity contribution in [3.63, 3.8) is 0 Å². The van der Waals surface area contributed by atoms with Crippen LogP contribution >= 0.6 is 11.8 Å². The fourth-order valence-corrected chi connectivity index (χ4v) is 2.71. The number of aryl methyl sites for hydroxylation is 1. The lowest BCUT2D eigenvalue weighted by Gasteiger charge is -2.05. The van der Waals surface area contributed by atoms with E-state index in [1.165, 1.54) is 43.4 Å². The quantitative estimate of drug-likeness (QED) is 0.590. The van der Waals surface area contributed by atoms with Gasteiger partial charge in [0.15, 0.2) is 0 Å². The van der Waals surface area contributed by atoms with Gasteiger partial charge in [0.1, 0.15) is 0 Å². The topological polar surface area (TPSA) is 0 Å². The van der Waals surface area contributed by atoms with E-state index in [2.05, 4.69) is 50.3 Å². The Morgan fingerprint density at radius 1 is 1.18 bits per heavy atom. The highest BCUT2D eigenvalue weighted by atomic mass is 32.2. The zero-order chi connectivity index (χ0) is 12.3. The van der Waals surface area contributed by atoms with E-state index in [1.807, 2.05) is 11.8 Å². The predicted molar refractivity (Wildman–Crippen MR) is 80.5 cm³/mol. The summed E-state index contributed by atoms with van der Waals surface area (Å²) in [5, 5.41) is 0. The SMILES string of the molecule is CCCC/C(=C/CCc1ccccc1)SCC. The standard InChI is InChI=1S/C16H24S/c1-3-5-13-16(17-4-2)14-9-12-15-10-7-6-8-11-15/h6-8,10-11,14H,3-5,9,12-13H2,1-2H3/b16-14-. The number of allylic oxidation sites excluding steroid dienone is 2. The first-order valence-electron chi connectivity index (χ1n) is 6.72. The van der Waals surface area contributed by atoms with Gasteiger partial charge in [0.05, 0.1) is 0 Å². The van der Waals surface area contributed by atoms with Crippen LogP contribution in [0.2, 0.25) is 0 Å². The maximum atomic E-state index is 2.44. The lowest BCUT2D eigenvalue weighted by molar-refractivity contribution is 0.804. The molecule has 1 rings (SSSR count). The number of thioether (sulfide) groups is 1. The van der Waals surface area contributed by atoms with Gasteiger partial charge in [-0.3, -0.25) is 0 Å². The van der Waals surface area contributed by atoms with Gasteiger partial charge in [0.25, 0.3) is 0 Å². The lowest BCUT2D eigenvalue weighted by atomic mass is 10.1. The van der Waals surface area contributed by atoms with Crippen LogP contribution in [0.25, 0.3) is 0 Å². The van der Waals surface area contributed by atoms with Crippen LogP contribution in [0.3, 0.4) is 0 Å². The molecule has 0 aromatic heterocycles. The van der Waals surface area contributed by atoms with Gasteiger partial charge < -0.3 is 0 Å². The van der Waals surface area contributed by atoms with Crippen LogP contribution in [-0.2, 0) is 6.42 Å². The van der Waals surface area contributed by atoms with Gasteiger partial charge in [-0.2, -0.15) is 0 Å². The Bertz CT molecular complexity index is 314. The molecule has 0 bridgehead atoms. The molecular weight excluding hydrogens is 224 g/mol. The third-order valence-corrected chi connectivity index (χ3v) is 3.78. The fourth-order valence-electron chi connectivity index (χ4n) is 1.81. The molecule has 0 radical (unpaired) electrons. The number of hydrogen-bond acceptors (Lipinski definition) is 1. The molecule has 0 atom stereocenters. The van der Waals surface area contributed by atoms with E-state index in [1.54, 1.807) is 4.91 Å². The van der Waals surface area contributed by atoms with E-state index in [-0.39, 0.29) is 0 Å². The molecule has 0 aliphatic heterocycles. The van der Waals surface area contributed by atoms with Gasteiger partial charge in [-0.05, 0) is 41.9 Å². The number of hydrogen-bond donors (Lipinski definition) is 0. The second kappa shape index (κ2) is 9.35. The van der Waals surface area contributed by atoms with E-state index < -0.39 is 0 Å². The van der Waals surface area contributed by atoms with Crippen LogP contribution in [-0.4, -0.2) is 5.75 Å². The van der Waals surface area contributed by atoms with Gasteiger partial charge in [0.2, 0.25) is 0 Å². The number of benzene rings is 1. The first-order valence-corrected chi connectivity index (χ1v) is 7.71. The molecule has 1 heteroatoms. The first-order chi connectivity index (χ1) is 8.36. The molecular formula is C16H24S. The van der Waals surface area contributed by atoms with Crippen LogP contribution in [0.1, 0.15) is 45.1 Å². The zero-order valence-corrected chi connectivity index (χ0v) is 11.9. The van der Waals surface area contributed by atoms with Crippen LogP contribution in [0, 0.1) is 0 Å². The van der Waals surface area contributed by atoms with Crippen molar-refractivity contribution in [1.82, 2.24) is 0 Å². The minimum Gasteiger partial charge on any atom is -0.131 e. The van der Waals surface area contributed by atoms with Gasteiger partial charge in [-0.25, -0.2) is 0 Å². The molecule has 0 fully saturated rings. The maximum Gasteiger partial charge on any atom is -0.00518 e. The minimum atomic E-state index is 1.17. The van der Waals surface area contributed by atoms with E-state index in [4.69, 9.17) is 0 Å². The molecule has 0 amide bonds. The summed E-state index contributed by atoms with van der Waals surface area (Å²) in [6.07, 6.45) is 8.67. The van der Waals surface area contributed by atoms with E-state index >= 15 is 0 Å². The number of unbranched alkanes of at least 4 members (excludes halogenated alkanes) is 1. The van der Waals surface area contributed by atoms with Crippen molar-refractivity contribution in [2.24, 2.45) is 0 Å². The predicted octanol–water partition coefficient (Wildman–Crippen LogP) is 5.45. The number of rotatable bonds is 8. The van der Waals surface area contributed by atoms with E-state index in [0.717, 1.165) is 0 Å². The van der Waals surface area contributed by atoms with Crippen molar-refractivity contribution in [2.75, 3.05) is 5.75 Å². The smallest absolute Gasteiger partial charge is 0.00518 e. The molecule has 0 aliphatic rings. The molecule has 17 heavy (non-hydrogen) atoms. The average Bonchev–Trinajstić information content (AvgIpc) is 2.37. The lowest BCUT2D eigenvalue weighted by Crippen LogP contribution is -1.85. The third kappa shape index (κ3) is 6.58. The van der Waals surface area contributed by atoms with E-state index in [9.17, 15) is 0 Å². The van der Waals surface area contributed by atoms with Crippen molar-refractivity contribution >= 4 is 11.8 Å². The maximum absolute atomic E-state index is 2.44. The van der Waals surface area contributed by atoms with Crippen LogP contribution in [0.4, 0.5) is 0 Å². The Balaban J connectivity index is 2.37.